The Bertz CT molecular complexity index is 436. The molecule has 112 valence electrons. The summed E-state index contributed by atoms with van der Waals surface area (Å²) in [5.41, 5.74) is 7.81. The minimum atomic E-state index is 0.642. The van der Waals surface area contributed by atoms with Gasteiger partial charge in [-0.15, -0.1) is 0 Å². The van der Waals surface area contributed by atoms with Crippen LogP contribution in [0, 0.1) is 0 Å². The van der Waals surface area contributed by atoms with Gasteiger partial charge < -0.3 is 15.4 Å². The summed E-state index contributed by atoms with van der Waals surface area (Å²) in [4.78, 5) is 4.87. The van der Waals surface area contributed by atoms with Crippen molar-refractivity contribution in [3.63, 3.8) is 0 Å². The average molecular weight is 277 g/mol. The van der Waals surface area contributed by atoms with Crippen LogP contribution in [0.5, 0.6) is 5.75 Å². The van der Waals surface area contributed by atoms with Crippen LogP contribution in [-0.4, -0.2) is 44.2 Å². The first-order valence-corrected chi connectivity index (χ1v) is 7.63. The SMILES string of the molecule is CCOc1cc(N(C)CC2CCCN2CC)ccc1N. The van der Waals surface area contributed by atoms with Crippen molar-refractivity contribution in [2.24, 2.45) is 0 Å². The van der Waals surface area contributed by atoms with Gasteiger partial charge in [-0.05, 0) is 45.0 Å². The van der Waals surface area contributed by atoms with Gasteiger partial charge in [0, 0.05) is 31.4 Å². The molecule has 1 fully saturated rings. The molecule has 0 aliphatic carbocycles. The van der Waals surface area contributed by atoms with Gasteiger partial charge in [0.1, 0.15) is 5.75 Å². The van der Waals surface area contributed by atoms with E-state index in [1.165, 1.54) is 25.1 Å². The van der Waals surface area contributed by atoms with Crippen LogP contribution in [0.4, 0.5) is 11.4 Å². The number of hydrogen-bond acceptors (Lipinski definition) is 4. The highest BCUT2D eigenvalue weighted by Crippen LogP contribution is 2.28. The normalized spacial score (nSPS) is 19.2. The van der Waals surface area contributed by atoms with E-state index in [1.54, 1.807) is 0 Å². The standard InChI is InChI=1S/C16H27N3O/c1-4-19-10-6-7-14(19)12-18(3)13-8-9-15(17)16(11-13)20-5-2/h8-9,11,14H,4-7,10,12,17H2,1-3H3. The first-order chi connectivity index (χ1) is 9.65. The summed E-state index contributed by atoms with van der Waals surface area (Å²) in [6.07, 6.45) is 2.61. The van der Waals surface area contributed by atoms with Crippen LogP contribution in [0.1, 0.15) is 26.7 Å². The van der Waals surface area contributed by atoms with Gasteiger partial charge in [0.25, 0.3) is 0 Å². The Morgan fingerprint density at radius 3 is 2.90 bits per heavy atom. The molecule has 0 aromatic heterocycles. The average Bonchev–Trinajstić information content (AvgIpc) is 2.88. The van der Waals surface area contributed by atoms with Gasteiger partial charge in [0.05, 0.1) is 12.3 Å². The van der Waals surface area contributed by atoms with Crippen LogP contribution >= 0.6 is 0 Å². The maximum absolute atomic E-state index is 5.93. The minimum Gasteiger partial charge on any atom is -0.492 e. The summed E-state index contributed by atoms with van der Waals surface area (Å²) in [6.45, 7) is 8.31. The topological polar surface area (TPSA) is 41.7 Å². The van der Waals surface area contributed by atoms with E-state index in [0.29, 0.717) is 18.3 Å². The number of likely N-dealkylation sites (N-methyl/N-ethyl adjacent to an activating group) is 2. The lowest BCUT2D eigenvalue weighted by molar-refractivity contribution is 0.270. The number of nitrogens with zero attached hydrogens (tertiary/aromatic N) is 2. The van der Waals surface area contributed by atoms with Crippen molar-refractivity contribution in [3.05, 3.63) is 18.2 Å². The quantitative estimate of drug-likeness (QED) is 0.812. The summed E-state index contributed by atoms with van der Waals surface area (Å²) in [6, 6.07) is 6.72. The van der Waals surface area contributed by atoms with Gasteiger partial charge >= 0.3 is 0 Å². The predicted octanol–water partition coefficient (Wildman–Crippen LogP) is 2.59. The Balaban J connectivity index is 2.05. The molecule has 1 aromatic carbocycles. The highest BCUT2D eigenvalue weighted by molar-refractivity contribution is 5.62. The van der Waals surface area contributed by atoms with Crippen LogP contribution in [0.2, 0.25) is 0 Å². The fourth-order valence-corrected chi connectivity index (χ4v) is 2.98. The first kappa shape index (κ1) is 15.0. The molecule has 20 heavy (non-hydrogen) atoms. The summed E-state index contributed by atoms with van der Waals surface area (Å²) >= 11 is 0. The Morgan fingerprint density at radius 2 is 2.20 bits per heavy atom. The van der Waals surface area contributed by atoms with E-state index in [0.717, 1.165) is 18.8 Å². The molecule has 1 saturated heterocycles. The van der Waals surface area contributed by atoms with Crippen molar-refractivity contribution >= 4 is 11.4 Å². The number of nitrogen functional groups attached to an aromatic ring is 1. The van der Waals surface area contributed by atoms with E-state index >= 15 is 0 Å². The molecule has 1 heterocycles. The molecular weight excluding hydrogens is 250 g/mol. The Kier molecular flexibility index (Phi) is 5.12. The van der Waals surface area contributed by atoms with Gasteiger partial charge in [-0.25, -0.2) is 0 Å². The van der Waals surface area contributed by atoms with Crippen LogP contribution < -0.4 is 15.4 Å². The van der Waals surface area contributed by atoms with Crippen molar-refractivity contribution in [2.45, 2.75) is 32.7 Å². The molecule has 2 rings (SSSR count). The monoisotopic (exact) mass is 277 g/mol. The molecule has 0 amide bonds. The second-order valence-corrected chi connectivity index (χ2v) is 5.46. The third-order valence-corrected chi connectivity index (χ3v) is 4.13. The number of hydrogen-bond donors (Lipinski definition) is 1. The van der Waals surface area contributed by atoms with Gasteiger partial charge in [-0.3, -0.25) is 4.90 Å². The highest BCUT2D eigenvalue weighted by atomic mass is 16.5. The second kappa shape index (κ2) is 6.84. The Morgan fingerprint density at radius 1 is 1.40 bits per heavy atom. The summed E-state index contributed by atoms with van der Waals surface area (Å²) < 4.78 is 5.58. The molecule has 0 spiro atoms. The smallest absolute Gasteiger partial charge is 0.144 e. The van der Waals surface area contributed by atoms with Crippen LogP contribution in [0.3, 0.4) is 0 Å². The summed E-state index contributed by atoms with van der Waals surface area (Å²) in [5.74, 6) is 0.788. The van der Waals surface area contributed by atoms with Crippen molar-refractivity contribution in [3.8, 4) is 5.75 Å². The molecule has 4 heteroatoms. The van der Waals surface area contributed by atoms with Gasteiger partial charge in [0.15, 0.2) is 0 Å². The molecule has 0 radical (unpaired) electrons. The lowest BCUT2D eigenvalue weighted by atomic mass is 10.2. The number of ether oxygens (including phenoxy) is 1. The van der Waals surface area contributed by atoms with E-state index in [1.807, 2.05) is 19.1 Å². The fourth-order valence-electron chi connectivity index (χ4n) is 2.98. The number of likely N-dealkylation sites (tertiary alicyclic amines) is 1. The van der Waals surface area contributed by atoms with E-state index in [4.69, 9.17) is 10.5 Å². The minimum absolute atomic E-state index is 0.642. The number of benzene rings is 1. The second-order valence-electron chi connectivity index (χ2n) is 5.46. The van der Waals surface area contributed by atoms with E-state index < -0.39 is 0 Å². The molecule has 1 unspecified atom stereocenters. The molecule has 0 saturated carbocycles. The molecule has 0 bridgehead atoms. The zero-order valence-electron chi connectivity index (χ0n) is 12.9. The third kappa shape index (κ3) is 3.37. The largest absolute Gasteiger partial charge is 0.492 e. The van der Waals surface area contributed by atoms with Gasteiger partial charge in [-0.2, -0.15) is 0 Å². The molecule has 4 nitrogen and oxygen atoms in total. The van der Waals surface area contributed by atoms with Crippen LogP contribution in [0.15, 0.2) is 18.2 Å². The number of rotatable bonds is 6. The predicted molar refractivity (Wildman–Crippen MR) is 85.6 cm³/mol. The fraction of sp³-hybridized carbons (Fsp3) is 0.625. The van der Waals surface area contributed by atoms with Gasteiger partial charge in [0.2, 0.25) is 0 Å². The van der Waals surface area contributed by atoms with Crippen molar-refractivity contribution < 1.29 is 4.74 Å². The molecule has 1 aliphatic rings. The number of anilines is 2. The lowest BCUT2D eigenvalue weighted by Crippen LogP contribution is -2.38. The van der Waals surface area contributed by atoms with E-state index in [-0.39, 0.29) is 0 Å². The third-order valence-electron chi connectivity index (χ3n) is 4.13. The molecule has 2 N–H and O–H groups in total. The van der Waals surface area contributed by atoms with Crippen molar-refractivity contribution in [1.82, 2.24) is 4.90 Å². The molecule has 1 aromatic rings. The Hall–Kier alpha value is -1.42. The maximum atomic E-state index is 5.93. The number of nitrogens with two attached hydrogens (primary N) is 1. The zero-order valence-corrected chi connectivity index (χ0v) is 12.9. The maximum Gasteiger partial charge on any atom is 0.144 e. The van der Waals surface area contributed by atoms with Crippen LogP contribution in [0.25, 0.3) is 0 Å². The van der Waals surface area contributed by atoms with Crippen molar-refractivity contribution in [1.29, 1.82) is 0 Å². The molecule has 1 aliphatic heterocycles. The summed E-state index contributed by atoms with van der Waals surface area (Å²) in [5, 5.41) is 0. The van der Waals surface area contributed by atoms with E-state index in [2.05, 4.69) is 29.8 Å². The lowest BCUT2D eigenvalue weighted by Gasteiger charge is -2.29. The van der Waals surface area contributed by atoms with Gasteiger partial charge in [-0.1, -0.05) is 6.92 Å². The van der Waals surface area contributed by atoms with Crippen LogP contribution in [-0.2, 0) is 0 Å². The highest BCUT2D eigenvalue weighted by Gasteiger charge is 2.24. The zero-order chi connectivity index (χ0) is 14.5. The Labute approximate surface area is 122 Å². The first-order valence-electron chi connectivity index (χ1n) is 7.63. The molecule has 1 atom stereocenters. The summed E-state index contributed by atoms with van der Waals surface area (Å²) in [7, 11) is 2.15. The van der Waals surface area contributed by atoms with Crippen molar-refractivity contribution in [2.75, 3.05) is 43.9 Å². The van der Waals surface area contributed by atoms with E-state index in [9.17, 15) is 0 Å². The molecular formula is C16H27N3O.